The Balaban J connectivity index is 1.91. The van der Waals surface area contributed by atoms with Crippen molar-refractivity contribution in [2.45, 2.75) is 19.4 Å². The van der Waals surface area contributed by atoms with Crippen LogP contribution in [0.15, 0.2) is 59.7 Å². The molecule has 3 heterocycles. The highest BCUT2D eigenvalue weighted by Gasteiger charge is 2.39. The van der Waals surface area contributed by atoms with Crippen LogP contribution in [-0.4, -0.2) is 15.4 Å². The molecule has 0 fully saturated rings. The van der Waals surface area contributed by atoms with E-state index in [2.05, 4.69) is 11.1 Å². The maximum atomic E-state index is 13.5. The van der Waals surface area contributed by atoms with E-state index >= 15 is 0 Å². The van der Waals surface area contributed by atoms with Crippen molar-refractivity contribution in [1.29, 1.82) is 10.7 Å². The van der Waals surface area contributed by atoms with Gasteiger partial charge in [0.15, 0.2) is 0 Å². The Labute approximate surface area is 172 Å². The number of fused-ring (bicyclic) bond motifs is 1. The van der Waals surface area contributed by atoms with E-state index in [0.717, 1.165) is 11.1 Å². The average Bonchev–Trinajstić information content (AvgIpc) is 2.71. The summed E-state index contributed by atoms with van der Waals surface area (Å²) in [6.07, 6.45) is 3.39. The summed E-state index contributed by atoms with van der Waals surface area (Å²) in [6.45, 7) is 2.17. The smallest absolute Gasteiger partial charge is 0.258 e. The summed E-state index contributed by atoms with van der Waals surface area (Å²) in [5.41, 5.74) is 2.47. The number of hydrogen-bond acceptors (Lipinski definition) is 5. The second-order valence-electron chi connectivity index (χ2n) is 6.92. The molecule has 0 radical (unpaired) electrons. The minimum absolute atomic E-state index is 0.163. The van der Waals surface area contributed by atoms with Crippen LogP contribution < -0.4 is 10.3 Å². The summed E-state index contributed by atoms with van der Waals surface area (Å²) in [4.78, 5) is 17.6. The Morgan fingerprint density at radius 2 is 2.07 bits per heavy atom. The van der Waals surface area contributed by atoms with Crippen LogP contribution in [0.3, 0.4) is 0 Å². The molecular weight excluding hydrogens is 388 g/mol. The molecule has 6 nitrogen and oxygen atoms in total. The average molecular weight is 405 g/mol. The number of halogens is 1. The predicted octanol–water partition coefficient (Wildman–Crippen LogP) is 3.89. The molecule has 0 amide bonds. The van der Waals surface area contributed by atoms with Gasteiger partial charge < -0.3 is 9.30 Å². The van der Waals surface area contributed by atoms with Gasteiger partial charge in [-0.2, -0.15) is 5.26 Å². The van der Waals surface area contributed by atoms with Gasteiger partial charge in [0.25, 0.3) is 5.56 Å². The highest BCUT2D eigenvalue weighted by molar-refractivity contribution is 6.30. The number of benzene rings is 1. The van der Waals surface area contributed by atoms with Crippen LogP contribution in [0.4, 0.5) is 0 Å². The first-order valence-electron chi connectivity index (χ1n) is 9.04. The fraction of sp³-hybridized carbons (Fsp3) is 0.182. The molecule has 0 spiro atoms. The van der Waals surface area contributed by atoms with E-state index in [1.54, 1.807) is 47.3 Å². The standard InChI is InChI=1S/C22H17ClN4O2/c1-13-9-18-20(22(28)27(13)12-14-3-2-8-26-11-14)19(17(10-24)21(25)29-18)15-4-6-16(23)7-5-15/h2-9,11,17,19,25H,12H2,1H3. The number of ether oxygens (including phenoxy) is 1. The van der Waals surface area contributed by atoms with Gasteiger partial charge >= 0.3 is 0 Å². The molecule has 1 aromatic carbocycles. The van der Waals surface area contributed by atoms with Gasteiger partial charge in [-0.05, 0) is 36.2 Å². The first kappa shape index (κ1) is 18.9. The van der Waals surface area contributed by atoms with E-state index in [9.17, 15) is 10.1 Å². The van der Waals surface area contributed by atoms with Crippen LogP contribution in [-0.2, 0) is 6.54 Å². The maximum Gasteiger partial charge on any atom is 0.258 e. The second-order valence-corrected chi connectivity index (χ2v) is 7.35. The van der Waals surface area contributed by atoms with Crippen molar-refractivity contribution in [1.82, 2.24) is 9.55 Å². The summed E-state index contributed by atoms with van der Waals surface area (Å²) >= 11 is 6.01. The van der Waals surface area contributed by atoms with E-state index in [1.165, 1.54) is 0 Å². The first-order valence-corrected chi connectivity index (χ1v) is 9.42. The number of aryl methyl sites for hydroxylation is 1. The van der Waals surface area contributed by atoms with Crippen LogP contribution in [0.2, 0.25) is 5.02 Å². The topological polar surface area (TPSA) is 91.8 Å². The van der Waals surface area contributed by atoms with Crippen molar-refractivity contribution < 1.29 is 4.74 Å². The summed E-state index contributed by atoms with van der Waals surface area (Å²) in [7, 11) is 0. The summed E-state index contributed by atoms with van der Waals surface area (Å²) in [5, 5.41) is 18.5. The molecule has 2 unspecified atom stereocenters. The van der Waals surface area contributed by atoms with Gasteiger partial charge in [0, 0.05) is 35.1 Å². The Bertz CT molecular complexity index is 1180. The lowest BCUT2D eigenvalue weighted by molar-refractivity contribution is 0.441. The third kappa shape index (κ3) is 3.41. The van der Waals surface area contributed by atoms with Crippen molar-refractivity contribution >= 4 is 17.5 Å². The zero-order chi connectivity index (χ0) is 20.5. The van der Waals surface area contributed by atoms with Gasteiger partial charge in [0.1, 0.15) is 11.7 Å². The Morgan fingerprint density at radius 3 is 2.72 bits per heavy atom. The third-order valence-corrected chi connectivity index (χ3v) is 5.34. The van der Waals surface area contributed by atoms with Crippen LogP contribution in [0.5, 0.6) is 5.75 Å². The molecule has 0 saturated carbocycles. The number of nitrogens with zero attached hydrogens (tertiary/aromatic N) is 3. The van der Waals surface area contributed by atoms with Gasteiger partial charge in [0.2, 0.25) is 5.90 Å². The Morgan fingerprint density at radius 1 is 1.31 bits per heavy atom. The number of hydrogen-bond donors (Lipinski definition) is 1. The van der Waals surface area contributed by atoms with E-state index < -0.39 is 11.8 Å². The quantitative estimate of drug-likeness (QED) is 0.716. The van der Waals surface area contributed by atoms with Gasteiger partial charge in [-0.25, -0.2) is 0 Å². The molecule has 1 aliphatic rings. The number of nitrogens with one attached hydrogen (secondary N) is 1. The van der Waals surface area contributed by atoms with Gasteiger partial charge in [-0.1, -0.05) is 29.8 Å². The largest absolute Gasteiger partial charge is 0.442 e. The van der Waals surface area contributed by atoms with Crippen LogP contribution in [0.1, 0.15) is 28.3 Å². The molecule has 4 rings (SSSR count). The second kappa shape index (κ2) is 7.53. The minimum atomic E-state index is -0.897. The lowest BCUT2D eigenvalue weighted by Gasteiger charge is -2.30. The zero-order valence-corrected chi connectivity index (χ0v) is 16.3. The summed E-state index contributed by atoms with van der Waals surface area (Å²) in [5.74, 6) is -1.34. The number of pyridine rings is 2. The maximum absolute atomic E-state index is 13.5. The molecule has 3 aromatic rings. The summed E-state index contributed by atoms with van der Waals surface area (Å²) in [6, 6.07) is 14.6. The fourth-order valence-corrected chi connectivity index (χ4v) is 3.79. The van der Waals surface area contributed by atoms with Crippen LogP contribution in [0, 0.1) is 29.6 Å². The molecule has 0 bridgehead atoms. The Kier molecular flexibility index (Phi) is 4.91. The normalized spacial score (nSPS) is 17.9. The molecule has 0 saturated heterocycles. The van der Waals surface area contributed by atoms with Crippen molar-refractivity contribution in [3.05, 3.63) is 92.6 Å². The van der Waals surface area contributed by atoms with Crippen LogP contribution >= 0.6 is 11.6 Å². The zero-order valence-electron chi connectivity index (χ0n) is 15.6. The molecule has 144 valence electrons. The molecule has 0 aliphatic carbocycles. The molecule has 2 atom stereocenters. The van der Waals surface area contributed by atoms with E-state index in [4.69, 9.17) is 21.7 Å². The molecule has 29 heavy (non-hydrogen) atoms. The number of aromatic nitrogens is 2. The molecule has 1 N–H and O–H groups in total. The molecular formula is C22H17ClN4O2. The van der Waals surface area contributed by atoms with Crippen molar-refractivity contribution in [2.75, 3.05) is 0 Å². The van der Waals surface area contributed by atoms with E-state index in [-0.39, 0.29) is 11.5 Å². The summed E-state index contributed by atoms with van der Waals surface area (Å²) < 4.78 is 7.23. The first-order chi connectivity index (χ1) is 14.0. The van der Waals surface area contributed by atoms with E-state index in [1.807, 2.05) is 19.1 Å². The van der Waals surface area contributed by atoms with Crippen molar-refractivity contribution in [3.8, 4) is 11.8 Å². The van der Waals surface area contributed by atoms with Crippen LogP contribution in [0.25, 0.3) is 0 Å². The van der Waals surface area contributed by atoms with Crippen molar-refractivity contribution in [2.24, 2.45) is 5.92 Å². The highest BCUT2D eigenvalue weighted by Crippen LogP contribution is 2.40. The SMILES string of the molecule is Cc1cc2c(c(=O)n1Cc1cccnc1)C(c1ccc(Cl)cc1)C(C#N)C(=N)O2. The third-order valence-electron chi connectivity index (χ3n) is 5.09. The number of nitriles is 1. The monoisotopic (exact) mass is 404 g/mol. The Hall–Kier alpha value is -3.43. The number of rotatable bonds is 3. The van der Waals surface area contributed by atoms with Crippen molar-refractivity contribution in [3.63, 3.8) is 0 Å². The van der Waals surface area contributed by atoms with Gasteiger partial charge in [0.05, 0.1) is 18.2 Å². The lowest BCUT2D eigenvalue weighted by Crippen LogP contribution is -2.38. The molecule has 2 aromatic heterocycles. The molecule has 1 aliphatic heterocycles. The minimum Gasteiger partial charge on any atom is -0.442 e. The fourth-order valence-electron chi connectivity index (χ4n) is 3.66. The van der Waals surface area contributed by atoms with E-state index in [0.29, 0.717) is 28.6 Å². The van der Waals surface area contributed by atoms with Gasteiger partial charge in [-0.15, -0.1) is 0 Å². The highest BCUT2D eigenvalue weighted by atomic mass is 35.5. The lowest BCUT2D eigenvalue weighted by atomic mass is 9.79. The van der Waals surface area contributed by atoms with Gasteiger partial charge in [-0.3, -0.25) is 15.2 Å². The molecule has 7 heteroatoms. The predicted molar refractivity (Wildman–Crippen MR) is 110 cm³/mol.